The zero-order chi connectivity index (χ0) is 10.1. The predicted molar refractivity (Wildman–Crippen MR) is 50.1 cm³/mol. The molecule has 0 saturated heterocycles. The van der Waals surface area contributed by atoms with Crippen LogP contribution in [0.4, 0.5) is 0 Å². The molecular formula is C10H16O3. The van der Waals surface area contributed by atoms with Crippen LogP contribution in [0.2, 0.25) is 0 Å². The van der Waals surface area contributed by atoms with Crippen molar-refractivity contribution < 1.29 is 14.3 Å². The van der Waals surface area contributed by atoms with Crippen LogP contribution in [0.25, 0.3) is 0 Å². The molecule has 0 aliphatic heterocycles. The van der Waals surface area contributed by atoms with Crippen molar-refractivity contribution in [2.24, 2.45) is 0 Å². The summed E-state index contributed by atoms with van der Waals surface area (Å²) in [4.78, 5) is 21.8. The molecule has 0 aromatic heterocycles. The van der Waals surface area contributed by atoms with Crippen molar-refractivity contribution in [3.8, 4) is 0 Å². The highest BCUT2D eigenvalue weighted by molar-refractivity contribution is 5.95. The van der Waals surface area contributed by atoms with Crippen molar-refractivity contribution in [2.45, 2.75) is 39.0 Å². The average molecular weight is 184 g/mol. The van der Waals surface area contributed by atoms with E-state index in [0.717, 1.165) is 25.5 Å². The third-order valence-corrected chi connectivity index (χ3v) is 1.62. The first kappa shape index (κ1) is 11.9. The van der Waals surface area contributed by atoms with Crippen molar-refractivity contribution in [1.29, 1.82) is 0 Å². The van der Waals surface area contributed by atoms with E-state index in [4.69, 9.17) is 0 Å². The molecule has 0 saturated carbocycles. The summed E-state index contributed by atoms with van der Waals surface area (Å²) < 4.78 is 4.42. The molecule has 0 bridgehead atoms. The molecule has 0 rings (SSSR count). The van der Waals surface area contributed by atoms with Crippen molar-refractivity contribution in [2.75, 3.05) is 0 Å². The van der Waals surface area contributed by atoms with Crippen LogP contribution in [0.3, 0.4) is 0 Å². The first-order chi connectivity index (χ1) is 6.20. The van der Waals surface area contributed by atoms with Crippen LogP contribution in [0.1, 0.15) is 39.0 Å². The Labute approximate surface area is 78.8 Å². The quantitative estimate of drug-likeness (QED) is 0.264. The van der Waals surface area contributed by atoms with Gasteiger partial charge in [-0.1, -0.05) is 26.3 Å². The second kappa shape index (κ2) is 7.53. The molecule has 13 heavy (non-hydrogen) atoms. The van der Waals surface area contributed by atoms with Gasteiger partial charge in [0.2, 0.25) is 0 Å². The molecule has 0 amide bonds. The number of carbonyl (C=O) groups is 2. The van der Waals surface area contributed by atoms with E-state index >= 15 is 0 Å². The zero-order valence-corrected chi connectivity index (χ0v) is 8.04. The van der Waals surface area contributed by atoms with Crippen LogP contribution in [-0.2, 0) is 14.3 Å². The van der Waals surface area contributed by atoms with Gasteiger partial charge in [0.15, 0.2) is 0 Å². The van der Waals surface area contributed by atoms with Crippen molar-refractivity contribution in [1.82, 2.24) is 0 Å². The molecule has 0 atom stereocenters. The molecule has 0 aromatic carbocycles. The topological polar surface area (TPSA) is 43.4 Å². The fourth-order valence-corrected chi connectivity index (χ4v) is 0.956. The monoisotopic (exact) mass is 184 g/mol. The lowest BCUT2D eigenvalue weighted by Gasteiger charge is -1.98. The van der Waals surface area contributed by atoms with Gasteiger partial charge in [0.1, 0.15) is 12.2 Å². The van der Waals surface area contributed by atoms with Gasteiger partial charge in [-0.3, -0.25) is 9.59 Å². The van der Waals surface area contributed by atoms with Gasteiger partial charge >= 0.3 is 5.97 Å². The maximum atomic E-state index is 11.1. The van der Waals surface area contributed by atoms with Crippen LogP contribution in [-0.4, -0.2) is 11.8 Å². The number of ketones is 1. The molecule has 3 heteroatoms. The fraction of sp³-hybridized carbons (Fsp3) is 0.600. The number of hydrogen-bond acceptors (Lipinski definition) is 3. The van der Waals surface area contributed by atoms with Gasteiger partial charge in [0.05, 0.1) is 6.26 Å². The minimum atomic E-state index is -0.517. The Hall–Kier alpha value is -1.12. The largest absolute Gasteiger partial charge is 0.435 e. The van der Waals surface area contributed by atoms with E-state index in [0.29, 0.717) is 6.42 Å². The first-order valence-electron chi connectivity index (χ1n) is 4.52. The minimum absolute atomic E-state index is 0.0553. The summed E-state index contributed by atoms with van der Waals surface area (Å²) in [6.07, 6.45) is 4.35. The maximum absolute atomic E-state index is 11.1. The number of unbranched alkanes of at least 4 members (excludes halogenated alkanes) is 2. The van der Waals surface area contributed by atoms with Crippen LogP contribution < -0.4 is 0 Å². The molecule has 0 radical (unpaired) electrons. The van der Waals surface area contributed by atoms with E-state index < -0.39 is 5.97 Å². The second-order valence-electron chi connectivity index (χ2n) is 2.83. The maximum Gasteiger partial charge on any atom is 0.318 e. The molecule has 0 N–H and O–H groups in total. The van der Waals surface area contributed by atoms with Gasteiger partial charge in [-0.2, -0.15) is 0 Å². The summed E-state index contributed by atoms with van der Waals surface area (Å²) in [5, 5.41) is 0. The molecule has 0 unspecified atom stereocenters. The molecule has 0 heterocycles. The van der Waals surface area contributed by atoms with Crippen LogP contribution in [0, 0.1) is 0 Å². The number of ether oxygens (including phenoxy) is 1. The Morgan fingerprint density at radius 2 is 2.08 bits per heavy atom. The summed E-state index contributed by atoms with van der Waals surface area (Å²) in [6, 6.07) is 0. The summed E-state index contributed by atoms with van der Waals surface area (Å²) in [5.74, 6) is -0.572. The Kier molecular flexibility index (Phi) is 6.88. The van der Waals surface area contributed by atoms with Gasteiger partial charge in [-0.25, -0.2) is 0 Å². The number of hydrogen-bond donors (Lipinski definition) is 0. The smallest absolute Gasteiger partial charge is 0.318 e. The van der Waals surface area contributed by atoms with Crippen LogP contribution >= 0.6 is 0 Å². The van der Waals surface area contributed by atoms with E-state index in [1.165, 1.54) is 0 Å². The predicted octanol–water partition coefficient (Wildman–Crippen LogP) is 2.21. The SMILES string of the molecule is C=COC(=O)CC(=O)CCCCC. The Balaban J connectivity index is 3.49. The highest BCUT2D eigenvalue weighted by Crippen LogP contribution is 2.02. The van der Waals surface area contributed by atoms with Gasteiger partial charge < -0.3 is 4.74 Å². The normalized spacial score (nSPS) is 9.31. The molecule has 0 aliphatic carbocycles. The Bertz CT molecular complexity index is 185. The van der Waals surface area contributed by atoms with Crippen LogP contribution in [0.15, 0.2) is 12.8 Å². The van der Waals surface area contributed by atoms with E-state index in [1.54, 1.807) is 0 Å². The number of rotatable bonds is 7. The van der Waals surface area contributed by atoms with Gasteiger partial charge in [0.25, 0.3) is 0 Å². The number of esters is 1. The van der Waals surface area contributed by atoms with Crippen molar-refractivity contribution in [3.05, 3.63) is 12.8 Å². The van der Waals surface area contributed by atoms with Gasteiger partial charge in [-0.05, 0) is 6.42 Å². The molecule has 0 aromatic rings. The molecule has 3 nitrogen and oxygen atoms in total. The highest BCUT2D eigenvalue weighted by atomic mass is 16.5. The van der Waals surface area contributed by atoms with Gasteiger partial charge in [-0.15, -0.1) is 0 Å². The highest BCUT2D eigenvalue weighted by Gasteiger charge is 2.08. The van der Waals surface area contributed by atoms with Crippen molar-refractivity contribution >= 4 is 11.8 Å². The summed E-state index contributed by atoms with van der Waals surface area (Å²) in [6.45, 7) is 5.29. The molecule has 0 fully saturated rings. The Morgan fingerprint density at radius 3 is 2.62 bits per heavy atom. The number of Topliss-reactive ketones (excluding diaryl/α,β-unsaturated/α-hetero) is 1. The van der Waals surface area contributed by atoms with Gasteiger partial charge in [0, 0.05) is 6.42 Å². The standard InChI is InChI=1S/C10H16O3/c1-3-5-6-7-9(11)8-10(12)13-4-2/h4H,2-3,5-8H2,1H3. The fourth-order valence-electron chi connectivity index (χ4n) is 0.956. The van der Waals surface area contributed by atoms with E-state index in [-0.39, 0.29) is 12.2 Å². The third kappa shape index (κ3) is 7.25. The van der Waals surface area contributed by atoms with Crippen LogP contribution in [0.5, 0.6) is 0 Å². The molecule has 0 aliphatic rings. The van der Waals surface area contributed by atoms with E-state index in [1.807, 2.05) is 0 Å². The summed E-state index contributed by atoms with van der Waals surface area (Å²) in [7, 11) is 0. The van der Waals surface area contributed by atoms with Crippen molar-refractivity contribution in [3.63, 3.8) is 0 Å². The lowest BCUT2D eigenvalue weighted by Crippen LogP contribution is -2.08. The summed E-state index contributed by atoms with van der Waals surface area (Å²) in [5.41, 5.74) is 0. The number of carbonyl (C=O) groups excluding carboxylic acids is 2. The average Bonchev–Trinajstić information content (AvgIpc) is 2.05. The first-order valence-corrected chi connectivity index (χ1v) is 4.52. The Morgan fingerprint density at radius 1 is 1.38 bits per heavy atom. The van der Waals surface area contributed by atoms with E-state index in [2.05, 4.69) is 18.2 Å². The molecule has 0 spiro atoms. The zero-order valence-electron chi connectivity index (χ0n) is 8.04. The summed E-state index contributed by atoms with van der Waals surface area (Å²) >= 11 is 0. The lowest BCUT2D eigenvalue weighted by atomic mass is 10.1. The molecular weight excluding hydrogens is 168 g/mol. The minimum Gasteiger partial charge on any atom is -0.435 e. The second-order valence-corrected chi connectivity index (χ2v) is 2.83. The van der Waals surface area contributed by atoms with E-state index in [9.17, 15) is 9.59 Å². The lowest BCUT2D eigenvalue weighted by molar-refractivity contribution is -0.141. The third-order valence-electron chi connectivity index (χ3n) is 1.62. The molecule has 74 valence electrons.